The standard InChI is InChI=1S/C18H30N2/c1-15(2)20(14-16-9-5-3-6-10-16)18-12-8-4-7-11-17(18)13-19/h3,5-6,9-10,15,17-18H,4,7-8,11-14,19H2,1-2H3. The molecule has 1 aliphatic rings. The zero-order valence-electron chi connectivity index (χ0n) is 13.1. The van der Waals surface area contributed by atoms with Crippen LogP contribution in [0.15, 0.2) is 30.3 Å². The van der Waals surface area contributed by atoms with Gasteiger partial charge in [0.2, 0.25) is 0 Å². The number of nitrogens with zero attached hydrogens (tertiary/aromatic N) is 1. The van der Waals surface area contributed by atoms with E-state index in [4.69, 9.17) is 5.73 Å². The summed E-state index contributed by atoms with van der Waals surface area (Å²) in [5.41, 5.74) is 7.49. The summed E-state index contributed by atoms with van der Waals surface area (Å²) in [5, 5.41) is 0. The minimum atomic E-state index is 0.576. The van der Waals surface area contributed by atoms with Crippen LogP contribution in [0.1, 0.15) is 51.5 Å². The minimum Gasteiger partial charge on any atom is -0.330 e. The zero-order chi connectivity index (χ0) is 14.4. The van der Waals surface area contributed by atoms with Gasteiger partial charge >= 0.3 is 0 Å². The van der Waals surface area contributed by atoms with Crippen LogP contribution in [0.4, 0.5) is 0 Å². The Hall–Kier alpha value is -0.860. The molecule has 112 valence electrons. The van der Waals surface area contributed by atoms with Gasteiger partial charge in [0.1, 0.15) is 0 Å². The van der Waals surface area contributed by atoms with Gasteiger partial charge in [-0.2, -0.15) is 0 Å². The van der Waals surface area contributed by atoms with Gasteiger partial charge in [0.25, 0.3) is 0 Å². The SMILES string of the molecule is CC(C)N(Cc1ccccc1)C1CCCCCC1CN. The molecule has 2 nitrogen and oxygen atoms in total. The van der Waals surface area contributed by atoms with Crippen molar-refractivity contribution in [2.45, 2.75) is 64.6 Å². The van der Waals surface area contributed by atoms with Crippen molar-refractivity contribution in [2.24, 2.45) is 11.7 Å². The van der Waals surface area contributed by atoms with E-state index in [-0.39, 0.29) is 0 Å². The van der Waals surface area contributed by atoms with E-state index in [1.54, 1.807) is 0 Å². The quantitative estimate of drug-likeness (QED) is 0.827. The van der Waals surface area contributed by atoms with Crippen LogP contribution in [0.5, 0.6) is 0 Å². The van der Waals surface area contributed by atoms with Gasteiger partial charge in [0, 0.05) is 18.6 Å². The van der Waals surface area contributed by atoms with Crippen LogP contribution < -0.4 is 5.73 Å². The third-order valence-corrected chi connectivity index (χ3v) is 4.72. The molecule has 2 heteroatoms. The van der Waals surface area contributed by atoms with Gasteiger partial charge in [-0.3, -0.25) is 4.90 Å². The Balaban J connectivity index is 2.13. The molecular weight excluding hydrogens is 244 g/mol. The van der Waals surface area contributed by atoms with Crippen molar-refractivity contribution in [1.82, 2.24) is 4.90 Å². The summed E-state index contributed by atoms with van der Waals surface area (Å²) in [6.45, 7) is 6.53. The normalized spacial score (nSPS) is 24.1. The molecule has 0 amide bonds. The van der Waals surface area contributed by atoms with Gasteiger partial charge in [-0.05, 0) is 44.7 Å². The topological polar surface area (TPSA) is 29.3 Å². The molecule has 20 heavy (non-hydrogen) atoms. The van der Waals surface area contributed by atoms with Crippen LogP contribution in [0.25, 0.3) is 0 Å². The fourth-order valence-electron chi connectivity index (χ4n) is 3.55. The monoisotopic (exact) mass is 274 g/mol. The summed E-state index contributed by atoms with van der Waals surface area (Å²) >= 11 is 0. The van der Waals surface area contributed by atoms with Gasteiger partial charge in [0.15, 0.2) is 0 Å². The van der Waals surface area contributed by atoms with Crippen LogP contribution in [0.3, 0.4) is 0 Å². The molecule has 1 aromatic carbocycles. The highest BCUT2D eigenvalue weighted by atomic mass is 15.2. The lowest BCUT2D eigenvalue weighted by Crippen LogP contribution is -2.46. The van der Waals surface area contributed by atoms with Crippen molar-refractivity contribution >= 4 is 0 Å². The van der Waals surface area contributed by atoms with E-state index in [1.807, 2.05) is 0 Å². The number of hydrogen-bond acceptors (Lipinski definition) is 2. The Morgan fingerprint density at radius 2 is 1.80 bits per heavy atom. The maximum absolute atomic E-state index is 6.07. The van der Waals surface area contributed by atoms with Crippen molar-refractivity contribution < 1.29 is 0 Å². The second-order valence-electron chi connectivity index (χ2n) is 6.45. The second-order valence-corrected chi connectivity index (χ2v) is 6.45. The smallest absolute Gasteiger partial charge is 0.0239 e. The summed E-state index contributed by atoms with van der Waals surface area (Å²) < 4.78 is 0. The molecule has 1 aliphatic carbocycles. The van der Waals surface area contributed by atoms with E-state index in [0.717, 1.165) is 13.1 Å². The molecule has 0 saturated heterocycles. The summed E-state index contributed by atoms with van der Waals surface area (Å²) in [7, 11) is 0. The average molecular weight is 274 g/mol. The Morgan fingerprint density at radius 3 is 2.45 bits per heavy atom. The summed E-state index contributed by atoms with van der Waals surface area (Å²) in [6, 6.07) is 12.1. The van der Waals surface area contributed by atoms with E-state index in [9.17, 15) is 0 Å². The largest absolute Gasteiger partial charge is 0.330 e. The molecule has 2 N–H and O–H groups in total. The lowest BCUT2D eigenvalue weighted by atomic mass is 9.92. The van der Waals surface area contributed by atoms with Crippen molar-refractivity contribution in [2.75, 3.05) is 6.54 Å². The van der Waals surface area contributed by atoms with Crippen LogP contribution in [-0.2, 0) is 6.54 Å². The molecule has 2 atom stereocenters. The number of rotatable bonds is 5. The van der Waals surface area contributed by atoms with E-state index >= 15 is 0 Å². The van der Waals surface area contributed by atoms with E-state index < -0.39 is 0 Å². The fourth-order valence-corrected chi connectivity index (χ4v) is 3.55. The van der Waals surface area contributed by atoms with E-state index in [0.29, 0.717) is 18.0 Å². The van der Waals surface area contributed by atoms with Crippen molar-refractivity contribution in [3.63, 3.8) is 0 Å². The van der Waals surface area contributed by atoms with Crippen molar-refractivity contribution in [3.8, 4) is 0 Å². The molecule has 1 saturated carbocycles. The highest BCUT2D eigenvalue weighted by Gasteiger charge is 2.29. The zero-order valence-corrected chi connectivity index (χ0v) is 13.1. The van der Waals surface area contributed by atoms with Crippen LogP contribution in [0, 0.1) is 5.92 Å². The highest BCUT2D eigenvalue weighted by molar-refractivity contribution is 5.14. The molecule has 0 bridgehead atoms. The second kappa shape index (κ2) is 7.80. The van der Waals surface area contributed by atoms with E-state index in [2.05, 4.69) is 49.1 Å². The molecule has 0 spiro atoms. The number of nitrogens with two attached hydrogens (primary N) is 1. The van der Waals surface area contributed by atoms with Gasteiger partial charge in [-0.15, -0.1) is 0 Å². The first kappa shape index (κ1) is 15.5. The van der Waals surface area contributed by atoms with Crippen molar-refractivity contribution in [1.29, 1.82) is 0 Å². The summed E-state index contributed by atoms with van der Waals surface area (Å²) in [5.74, 6) is 0.670. The third kappa shape index (κ3) is 4.07. The minimum absolute atomic E-state index is 0.576. The van der Waals surface area contributed by atoms with Gasteiger partial charge in [-0.25, -0.2) is 0 Å². The summed E-state index contributed by atoms with van der Waals surface area (Å²) in [6.07, 6.45) is 6.71. The first-order valence-electron chi connectivity index (χ1n) is 8.22. The molecule has 0 heterocycles. The lowest BCUT2D eigenvalue weighted by molar-refractivity contribution is 0.0939. The lowest BCUT2D eigenvalue weighted by Gasteiger charge is -2.39. The van der Waals surface area contributed by atoms with Crippen LogP contribution in [-0.4, -0.2) is 23.5 Å². The predicted octanol–water partition coefficient (Wildman–Crippen LogP) is 3.80. The van der Waals surface area contributed by atoms with Crippen LogP contribution in [0.2, 0.25) is 0 Å². The molecule has 0 aromatic heterocycles. The van der Waals surface area contributed by atoms with Crippen LogP contribution >= 0.6 is 0 Å². The highest BCUT2D eigenvalue weighted by Crippen LogP contribution is 2.29. The predicted molar refractivity (Wildman–Crippen MR) is 86.5 cm³/mol. The molecule has 1 aromatic rings. The Labute approximate surface area is 124 Å². The number of benzene rings is 1. The molecule has 0 radical (unpaired) electrons. The molecule has 0 aliphatic heterocycles. The first-order chi connectivity index (χ1) is 9.72. The summed E-state index contributed by atoms with van der Waals surface area (Å²) in [4.78, 5) is 2.68. The Morgan fingerprint density at radius 1 is 1.10 bits per heavy atom. The maximum atomic E-state index is 6.07. The Bertz CT molecular complexity index is 374. The molecular formula is C18H30N2. The van der Waals surface area contributed by atoms with E-state index in [1.165, 1.54) is 37.7 Å². The molecule has 2 rings (SSSR count). The Kier molecular flexibility index (Phi) is 6.06. The molecule has 1 fully saturated rings. The molecule has 2 unspecified atom stereocenters. The third-order valence-electron chi connectivity index (χ3n) is 4.72. The average Bonchev–Trinajstić information content (AvgIpc) is 2.70. The maximum Gasteiger partial charge on any atom is 0.0239 e. The van der Waals surface area contributed by atoms with Gasteiger partial charge < -0.3 is 5.73 Å². The van der Waals surface area contributed by atoms with Crippen molar-refractivity contribution in [3.05, 3.63) is 35.9 Å². The first-order valence-corrected chi connectivity index (χ1v) is 8.22. The van der Waals surface area contributed by atoms with Gasteiger partial charge in [0.05, 0.1) is 0 Å². The van der Waals surface area contributed by atoms with Gasteiger partial charge in [-0.1, -0.05) is 49.6 Å². The fraction of sp³-hybridized carbons (Fsp3) is 0.667. The number of hydrogen-bond donors (Lipinski definition) is 1.